The highest BCUT2D eigenvalue weighted by molar-refractivity contribution is 7.16. The fourth-order valence-electron chi connectivity index (χ4n) is 3.27. The van der Waals surface area contributed by atoms with E-state index in [4.69, 9.17) is 16.6 Å². The molecule has 1 aliphatic rings. The van der Waals surface area contributed by atoms with E-state index in [0.29, 0.717) is 23.9 Å². The molecule has 2 N–H and O–H groups in total. The zero-order valence-electron chi connectivity index (χ0n) is 16.1. The van der Waals surface area contributed by atoms with Crippen molar-refractivity contribution >= 4 is 34.0 Å². The van der Waals surface area contributed by atoms with Gasteiger partial charge in [-0.25, -0.2) is 4.98 Å². The van der Waals surface area contributed by atoms with Crippen LogP contribution < -0.4 is 5.32 Å². The molecule has 0 radical (unpaired) electrons. The van der Waals surface area contributed by atoms with Crippen molar-refractivity contribution in [3.05, 3.63) is 58.5 Å². The molecule has 0 saturated carbocycles. The Morgan fingerprint density at radius 2 is 2.07 bits per heavy atom. The summed E-state index contributed by atoms with van der Waals surface area (Å²) in [6.45, 7) is 4.65. The number of allylic oxidation sites excluding steroid dienone is 4. The van der Waals surface area contributed by atoms with Gasteiger partial charge >= 0.3 is 5.97 Å². The molecule has 2 unspecified atom stereocenters. The summed E-state index contributed by atoms with van der Waals surface area (Å²) in [4.78, 5) is 17.7. The molecule has 2 aromatic rings. The summed E-state index contributed by atoms with van der Waals surface area (Å²) < 4.78 is 0. The number of nitrogens with one attached hydrogen (secondary N) is 1. The van der Waals surface area contributed by atoms with Crippen LogP contribution in [0.15, 0.2) is 48.6 Å². The van der Waals surface area contributed by atoms with E-state index in [1.807, 2.05) is 36.4 Å². The molecular weight excluding hydrogens is 392 g/mol. The Labute approximate surface area is 175 Å². The van der Waals surface area contributed by atoms with Gasteiger partial charge in [-0.2, -0.15) is 0 Å². The average molecular weight is 417 g/mol. The van der Waals surface area contributed by atoms with Gasteiger partial charge in [0.15, 0.2) is 5.13 Å². The van der Waals surface area contributed by atoms with Crippen LogP contribution in [0.3, 0.4) is 0 Å². The third-order valence-electron chi connectivity index (χ3n) is 4.80. The van der Waals surface area contributed by atoms with Crippen molar-refractivity contribution in [2.75, 3.05) is 11.9 Å². The lowest BCUT2D eigenvalue weighted by Gasteiger charge is -2.18. The molecule has 0 spiro atoms. The Bertz CT molecular complexity index is 871. The monoisotopic (exact) mass is 416 g/mol. The predicted octanol–water partition coefficient (Wildman–Crippen LogP) is 6.22. The van der Waals surface area contributed by atoms with E-state index >= 15 is 0 Å². The maximum Gasteiger partial charge on any atom is 0.308 e. The van der Waals surface area contributed by atoms with Crippen molar-refractivity contribution in [1.82, 2.24) is 4.98 Å². The molecule has 6 heteroatoms. The normalized spacial score (nSPS) is 17.1. The van der Waals surface area contributed by atoms with Gasteiger partial charge in [-0.1, -0.05) is 61.9 Å². The summed E-state index contributed by atoms with van der Waals surface area (Å²) in [5.74, 6) is -0.617. The van der Waals surface area contributed by atoms with Crippen molar-refractivity contribution in [2.45, 2.75) is 32.6 Å². The van der Waals surface area contributed by atoms with Crippen molar-refractivity contribution in [2.24, 2.45) is 11.8 Å². The quantitative estimate of drug-likeness (QED) is 0.536. The fraction of sp³-hybridized carbons (Fsp3) is 0.364. The number of rotatable bonds is 8. The molecule has 0 bridgehead atoms. The number of aromatic nitrogens is 1. The second-order valence-corrected chi connectivity index (χ2v) is 8.82. The first-order valence-electron chi connectivity index (χ1n) is 9.50. The smallest absolute Gasteiger partial charge is 0.308 e. The fourth-order valence-corrected chi connectivity index (χ4v) is 4.39. The summed E-state index contributed by atoms with van der Waals surface area (Å²) in [7, 11) is 0. The number of nitrogens with zero attached hydrogens (tertiary/aromatic N) is 1. The Balaban J connectivity index is 1.73. The molecule has 1 aromatic carbocycles. The molecule has 0 aliphatic heterocycles. The van der Waals surface area contributed by atoms with Crippen LogP contribution in [-0.2, 0) is 4.79 Å². The summed E-state index contributed by atoms with van der Waals surface area (Å²) in [5.41, 5.74) is 1.96. The van der Waals surface area contributed by atoms with E-state index in [0.717, 1.165) is 22.8 Å². The van der Waals surface area contributed by atoms with E-state index in [1.165, 1.54) is 4.88 Å². The van der Waals surface area contributed by atoms with E-state index in [1.54, 1.807) is 11.3 Å². The lowest BCUT2D eigenvalue weighted by Crippen LogP contribution is -2.25. The number of carboxylic acids is 1. The van der Waals surface area contributed by atoms with Gasteiger partial charge in [-0.3, -0.25) is 4.79 Å². The van der Waals surface area contributed by atoms with Crippen molar-refractivity contribution in [3.63, 3.8) is 0 Å². The maximum atomic E-state index is 11.7. The minimum atomic E-state index is -0.769. The molecule has 0 saturated heterocycles. The number of anilines is 1. The lowest BCUT2D eigenvalue weighted by molar-refractivity contribution is -0.141. The molecule has 2 atom stereocenters. The maximum absolute atomic E-state index is 11.7. The standard InChI is InChI=1S/C22H25ClN2O2S/c1-14(2)20-19(16-8-10-18(23)11-9-16)25-22(28-20)24-13-17(21(26)27)12-15-6-4-3-5-7-15/h3-6,8-11,14-15,17H,7,12-13H2,1-2H3,(H,24,25)(H,26,27). The molecule has 1 heterocycles. The van der Waals surface area contributed by atoms with Gasteiger partial charge in [0.05, 0.1) is 11.6 Å². The van der Waals surface area contributed by atoms with Gasteiger partial charge < -0.3 is 10.4 Å². The van der Waals surface area contributed by atoms with E-state index in [2.05, 4.69) is 31.3 Å². The number of carboxylic acid groups (broad SMARTS) is 1. The van der Waals surface area contributed by atoms with E-state index in [9.17, 15) is 9.90 Å². The zero-order valence-corrected chi connectivity index (χ0v) is 17.6. The summed E-state index contributed by atoms with van der Waals surface area (Å²) >= 11 is 7.60. The highest BCUT2D eigenvalue weighted by Gasteiger charge is 2.23. The minimum absolute atomic E-state index is 0.278. The Morgan fingerprint density at radius 1 is 1.32 bits per heavy atom. The van der Waals surface area contributed by atoms with Gasteiger partial charge in [0.2, 0.25) is 0 Å². The number of carbonyl (C=O) groups is 1. The topological polar surface area (TPSA) is 62.2 Å². The Hall–Kier alpha value is -2.11. The molecule has 3 rings (SSSR count). The van der Waals surface area contributed by atoms with Crippen LogP contribution in [0.2, 0.25) is 5.02 Å². The summed E-state index contributed by atoms with van der Waals surface area (Å²) in [5, 5.41) is 14.3. The van der Waals surface area contributed by atoms with Gasteiger partial charge in [0.1, 0.15) is 0 Å². The molecule has 148 valence electrons. The Kier molecular flexibility index (Phi) is 6.92. The second kappa shape index (κ2) is 9.39. The number of hydrogen-bond donors (Lipinski definition) is 2. The first kappa shape index (κ1) is 20.6. The van der Waals surface area contributed by atoms with Crippen LogP contribution in [0.5, 0.6) is 0 Å². The highest BCUT2D eigenvalue weighted by atomic mass is 35.5. The van der Waals surface area contributed by atoms with E-state index in [-0.39, 0.29) is 5.92 Å². The first-order chi connectivity index (χ1) is 13.4. The number of halogens is 1. The Morgan fingerprint density at radius 3 is 2.68 bits per heavy atom. The minimum Gasteiger partial charge on any atom is -0.481 e. The highest BCUT2D eigenvalue weighted by Crippen LogP contribution is 2.36. The van der Waals surface area contributed by atoms with Crippen LogP contribution in [0.4, 0.5) is 5.13 Å². The SMILES string of the molecule is CC(C)c1sc(NCC(CC2C=CC=CC2)C(=O)O)nc1-c1ccc(Cl)cc1. The molecule has 1 aliphatic carbocycles. The lowest BCUT2D eigenvalue weighted by atomic mass is 9.89. The summed E-state index contributed by atoms with van der Waals surface area (Å²) in [6.07, 6.45) is 9.70. The van der Waals surface area contributed by atoms with E-state index < -0.39 is 11.9 Å². The van der Waals surface area contributed by atoms with Crippen molar-refractivity contribution < 1.29 is 9.90 Å². The number of benzene rings is 1. The van der Waals surface area contributed by atoms with Crippen molar-refractivity contribution in [1.29, 1.82) is 0 Å². The van der Waals surface area contributed by atoms with Gasteiger partial charge in [-0.05, 0) is 36.8 Å². The van der Waals surface area contributed by atoms with Crippen LogP contribution in [0.25, 0.3) is 11.3 Å². The molecular formula is C22H25ClN2O2S. The third kappa shape index (κ3) is 5.24. The first-order valence-corrected chi connectivity index (χ1v) is 10.7. The van der Waals surface area contributed by atoms with Crippen LogP contribution in [-0.4, -0.2) is 22.6 Å². The van der Waals surface area contributed by atoms with Crippen LogP contribution in [0, 0.1) is 11.8 Å². The number of thiazole rings is 1. The zero-order chi connectivity index (χ0) is 20.1. The molecule has 28 heavy (non-hydrogen) atoms. The van der Waals surface area contributed by atoms with Gasteiger partial charge in [0.25, 0.3) is 0 Å². The van der Waals surface area contributed by atoms with Gasteiger partial charge in [-0.15, -0.1) is 11.3 Å². The predicted molar refractivity (Wildman–Crippen MR) is 117 cm³/mol. The molecule has 1 aromatic heterocycles. The largest absolute Gasteiger partial charge is 0.481 e. The third-order valence-corrected chi connectivity index (χ3v) is 6.37. The molecule has 0 amide bonds. The van der Waals surface area contributed by atoms with Crippen LogP contribution >= 0.6 is 22.9 Å². The average Bonchev–Trinajstić information content (AvgIpc) is 3.11. The molecule has 4 nitrogen and oxygen atoms in total. The van der Waals surface area contributed by atoms with Crippen LogP contribution in [0.1, 0.15) is 37.5 Å². The van der Waals surface area contributed by atoms with Crippen molar-refractivity contribution in [3.8, 4) is 11.3 Å². The van der Waals surface area contributed by atoms with Gasteiger partial charge in [0, 0.05) is 22.0 Å². The second-order valence-electron chi connectivity index (χ2n) is 7.35. The number of aliphatic carboxylic acids is 1. The molecule has 0 fully saturated rings. The number of hydrogen-bond acceptors (Lipinski definition) is 4. The summed E-state index contributed by atoms with van der Waals surface area (Å²) in [6, 6.07) is 7.66.